The molecule has 0 aliphatic heterocycles. The molecule has 0 aliphatic rings. The van der Waals surface area contributed by atoms with Gasteiger partial charge in [-0.15, -0.1) is 11.3 Å². The lowest BCUT2D eigenvalue weighted by molar-refractivity contribution is 0.627. The molecule has 0 radical (unpaired) electrons. The number of thiophene rings is 1. The third-order valence-electron chi connectivity index (χ3n) is 11.8. The van der Waals surface area contributed by atoms with Crippen LogP contribution in [0.15, 0.2) is 200 Å². The van der Waals surface area contributed by atoms with E-state index in [1.54, 1.807) is 11.3 Å². The van der Waals surface area contributed by atoms with Crippen LogP contribution in [0.5, 0.6) is 0 Å². The van der Waals surface area contributed by atoms with Gasteiger partial charge in [-0.3, -0.25) is 4.40 Å². The molecule has 3 aromatic heterocycles. The van der Waals surface area contributed by atoms with E-state index in [-0.39, 0.29) is 11.6 Å². The molecule has 9 aromatic carbocycles. The van der Waals surface area contributed by atoms with E-state index in [0.717, 1.165) is 66.2 Å². The maximum atomic E-state index is 14.4. The van der Waals surface area contributed by atoms with Crippen LogP contribution < -0.4 is 9.80 Å². The first-order chi connectivity index (χ1) is 29.6. The van der Waals surface area contributed by atoms with Gasteiger partial charge in [0.2, 0.25) is 0 Å². The van der Waals surface area contributed by atoms with Gasteiger partial charge in [0.15, 0.2) is 0 Å². The van der Waals surface area contributed by atoms with Crippen molar-refractivity contribution >= 4 is 104 Å². The van der Waals surface area contributed by atoms with Gasteiger partial charge in [-0.1, -0.05) is 97.1 Å². The third kappa shape index (κ3) is 5.31. The van der Waals surface area contributed by atoms with E-state index < -0.39 is 0 Å². The Morgan fingerprint density at radius 1 is 0.383 bits per heavy atom. The first kappa shape index (κ1) is 34.5. The molecule has 6 heteroatoms. The maximum absolute atomic E-state index is 14.4. The molecule has 12 aromatic rings. The smallest absolute Gasteiger partial charge is 0.123 e. The molecule has 60 heavy (non-hydrogen) atoms. The molecular formula is C54H33F2N3S. The van der Waals surface area contributed by atoms with E-state index in [9.17, 15) is 8.78 Å². The van der Waals surface area contributed by atoms with Crippen molar-refractivity contribution in [3.63, 3.8) is 0 Å². The molecule has 0 fully saturated rings. The van der Waals surface area contributed by atoms with Gasteiger partial charge in [0.05, 0.1) is 16.7 Å². The number of anilines is 6. The van der Waals surface area contributed by atoms with E-state index in [4.69, 9.17) is 0 Å². The predicted octanol–water partition coefficient (Wildman–Crippen LogP) is 16.1. The molecule has 0 saturated heterocycles. The quantitative estimate of drug-likeness (QED) is 0.159. The van der Waals surface area contributed by atoms with Crippen LogP contribution >= 0.6 is 11.3 Å². The van der Waals surface area contributed by atoms with Crippen LogP contribution in [-0.2, 0) is 0 Å². The van der Waals surface area contributed by atoms with Crippen molar-refractivity contribution in [3.8, 4) is 11.1 Å². The highest BCUT2D eigenvalue weighted by Crippen LogP contribution is 2.51. The minimum atomic E-state index is -0.273. The van der Waals surface area contributed by atoms with E-state index in [2.05, 4.69) is 129 Å². The van der Waals surface area contributed by atoms with E-state index in [0.29, 0.717) is 0 Å². The molecule has 3 heterocycles. The van der Waals surface area contributed by atoms with Crippen molar-refractivity contribution in [2.45, 2.75) is 0 Å². The molecule has 0 aliphatic carbocycles. The first-order valence-corrected chi connectivity index (χ1v) is 20.8. The number of para-hydroxylation sites is 2. The summed E-state index contributed by atoms with van der Waals surface area (Å²) < 4.78 is 32.3. The van der Waals surface area contributed by atoms with E-state index >= 15 is 0 Å². The van der Waals surface area contributed by atoms with E-state index in [1.807, 2.05) is 60.7 Å². The summed E-state index contributed by atoms with van der Waals surface area (Å²) in [5.41, 5.74) is 10.4. The molecular weight excluding hydrogens is 761 g/mol. The highest BCUT2D eigenvalue weighted by molar-refractivity contribution is 7.25. The number of fused-ring (bicyclic) bond motifs is 10. The van der Waals surface area contributed by atoms with Gasteiger partial charge in [0.1, 0.15) is 16.5 Å². The Bertz CT molecular complexity index is 3550. The molecule has 12 rings (SSSR count). The van der Waals surface area contributed by atoms with Crippen LogP contribution in [0.25, 0.3) is 69.4 Å². The fourth-order valence-corrected chi connectivity index (χ4v) is 10.5. The number of aromatic nitrogens is 1. The Morgan fingerprint density at radius 2 is 0.900 bits per heavy atom. The van der Waals surface area contributed by atoms with Crippen molar-refractivity contribution in [2.75, 3.05) is 9.80 Å². The molecule has 0 unspecified atom stereocenters. The fourth-order valence-electron chi connectivity index (χ4n) is 9.21. The molecule has 0 N–H and O–H groups in total. The summed E-state index contributed by atoms with van der Waals surface area (Å²) >= 11 is 1.80. The topological polar surface area (TPSA) is 10.9 Å². The Hall–Kier alpha value is -7.54. The number of nitrogens with zero attached hydrogens (tertiary/aromatic N) is 3. The lowest BCUT2D eigenvalue weighted by Crippen LogP contribution is -2.10. The summed E-state index contributed by atoms with van der Waals surface area (Å²) in [6.45, 7) is 0. The second-order valence-electron chi connectivity index (χ2n) is 15.2. The van der Waals surface area contributed by atoms with Crippen molar-refractivity contribution in [1.82, 2.24) is 4.40 Å². The zero-order chi connectivity index (χ0) is 39.9. The number of hydrogen-bond acceptors (Lipinski definition) is 3. The molecule has 0 spiro atoms. The van der Waals surface area contributed by atoms with Crippen LogP contribution in [-0.4, -0.2) is 4.40 Å². The summed E-state index contributed by atoms with van der Waals surface area (Å²) in [4.78, 5) is 5.59. The van der Waals surface area contributed by atoms with Crippen molar-refractivity contribution in [1.29, 1.82) is 0 Å². The van der Waals surface area contributed by atoms with Crippen molar-refractivity contribution in [3.05, 3.63) is 212 Å². The van der Waals surface area contributed by atoms with Gasteiger partial charge in [-0.2, -0.15) is 0 Å². The minimum Gasteiger partial charge on any atom is -0.310 e. The summed E-state index contributed by atoms with van der Waals surface area (Å²) in [6.07, 6.45) is 0. The lowest BCUT2D eigenvalue weighted by Gasteiger charge is -2.27. The average Bonchev–Trinajstić information content (AvgIpc) is 3.94. The third-order valence-corrected chi connectivity index (χ3v) is 12.9. The standard InChI is InChI=1S/C54H33F2N3S/c55-36-20-24-40(25-21-36)57(38-14-6-2-7-15-38)42-28-29-45-50(32-42)60-54-52(45)47-31-35(34-12-4-1-5-13-34)30-46-51-44-19-11-10-18-43(44)48(33-49(51)59(54)53(46)47)58(39-16-8-3-9-17-39)41-26-22-37(56)23-27-41/h1-33H. The lowest BCUT2D eigenvalue weighted by atomic mass is 9.96. The Balaban J connectivity index is 1.19. The predicted molar refractivity (Wildman–Crippen MR) is 249 cm³/mol. The van der Waals surface area contributed by atoms with Crippen molar-refractivity contribution in [2.24, 2.45) is 0 Å². The van der Waals surface area contributed by atoms with Crippen molar-refractivity contribution < 1.29 is 8.78 Å². The summed E-state index contributed by atoms with van der Waals surface area (Å²) in [5, 5.41) is 8.28. The van der Waals surface area contributed by atoms with Crippen LogP contribution in [0, 0.1) is 11.6 Å². The molecule has 0 atom stereocenters. The van der Waals surface area contributed by atoms with Gasteiger partial charge >= 0.3 is 0 Å². The monoisotopic (exact) mass is 793 g/mol. The molecule has 3 nitrogen and oxygen atoms in total. The molecule has 0 saturated carbocycles. The Morgan fingerprint density at radius 3 is 1.55 bits per heavy atom. The number of benzene rings is 9. The normalized spacial score (nSPS) is 11.8. The fraction of sp³-hybridized carbons (Fsp3) is 0. The zero-order valence-corrected chi connectivity index (χ0v) is 32.9. The number of hydrogen-bond donors (Lipinski definition) is 0. The molecule has 0 amide bonds. The van der Waals surface area contributed by atoms with Gasteiger partial charge in [-0.25, -0.2) is 8.78 Å². The largest absolute Gasteiger partial charge is 0.310 e. The highest BCUT2D eigenvalue weighted by Gasteiger charge is 2.26. The summed E-state index contributed by atoms with van der Waals surface area (Å²) in [5.74, 6) is -0.541. The molecule has 0 bridgehead atoms. The SMILES string of the molecule is Fc1ccc(N(c2ccccc2)c2ccc3c(c2)sc2c3c3cc(-c4ccccc4)cc4c5c6ccccc6c(N(c6ccccc6)c6ccc(F)cc6)cc5n2c43)cc1. The molecule has 284 valence electrons. The summed E-state index contributed by atoms with van der Waals surface area (Å²) in [7, 11) is 0. The second-order valence-corrected chi connectivity index (χ2v) is 16.2. The van der Waals surface area contributed by atoms with E-state index in [1.165, 1.54) is 61.5 Å². The van der Waals surface area contributed by atoms with Gasteiger partial charge in [-0.05, 0) is 120 Å². The summed E-state index contributed by atoms with van der Waals surface area (Å²) in [6, 6.07) is 67.1. The van der Waals surface area contributed by atoms with Gasteiger partial charge in [0, 0.05) is 65.5 Å². The first-order valence-electron chi connectivity index (χ1n) is 20.0. The van der Waals surface area contributed by atoms with Gasteiger partial charge in [0.25, 0.3) is 0 Å². The number of halogens is 2. The van der Waals surface area contributed by atoms with Crippen LogP contribution in [0.4, 0.5) is 42.9 Å². The highest BCUT2D eigenvalue weighted by atomic mass is 32.1. The second kappa shape index (κ2) is 13.5. The van der Waals surface area contributed by atoms with Gasteiger partial charge < -0.3 is 9.80 Å². The number of rotatable bonds is 7. The maximum Gasteiger partial charge on any atom is 0.123 e. The zero-order valence-electron chi connectivity index (χ0n) is 32.1. The van der Waals surface area contributed by atoms with Crippen LogP contribution in [0.1, 0.15) is 0 Å². The van der Waals surface area contributed by atoms with Crippen LogP contribution in [0.2, 0.25) is 0 Å². The Labute approximate surface area is 348 Å². The minimum absolute atomic E-state index is 0.267. The van der Waals surface area contributed by atoms with Crippen LogP contribution in [0.3, 0.4) is 0 Å². The average molecular weight is 794 g/mol. The Kier molecular flexibility index (Phi) is 7.77.